The third-order valence-corrected chi connectivity index (χ3v) is 2.36. The van der Waals surface area contributed by atoms with Gasteiger partial charge in [0.25, 0.3) is 0 Å². The van der Waals surface area contributed by atoms with Crippen LogP contribution >= 0.6 is 0 Å². The van der Waals surface area contributed by atoms with Crippen molar-refractivity contribution in [2.45, 2.75) is 0 Å². The molecule has 0 spiro atoms. The predicted octanol–water partition coefficient (Wildman–Crippen LogP) is 1.04. The van der Waals surface area contributed by atoms with E-state index < -0.39 is 11.9 Å². The second-order valence-corrected chi connectivity index (χ2v) is 3.73. The van der Waals surface area contributed by atoms with Crippen LogP contribution in [0.15, 0.2) is 30.3 Å². The Morgan fingerprint density at radius 1 is 1.26 bits per heavy atom. The monoisotopic (exact) mass is 262 g/mol. The van der Waals surface area contributed by atoms with Crippen LogP contribution in [0.1, 0.15) is 21.0 Å². The number of carboxylic acids is 1. The summed E-state index contributed by atoms with van der Waals surface area (Å²) in [6.07, 6.45) is 0. The van der Waals surface area contributed by atoms with Crippen molar-refractivity contribution >= 4 is 11.9 Å². The molecule has 7 heteroatoms. The van der Waals surface area contributed by atoms with Crippen molar-refractivity contribution in [2.75, 3.05) is 0 Å². The minimum absolute atomic E-state index is 0.0470. The number of hydrogen-bond donors (Lipinski definition) is 2. The molecule has 0 saturated heterocycles. The fraction of sp³-hybridized carbons (Fsp3) is 0.0833. The van der Waals surface area contributed by atoms with Crippen LogP contribution in [0.2, 0.25) is 0 Å². The van der Waals surface area contributed by atoms with E-state index in [-0.39, 0.29) is 22.9 Å². The SMILES string of the molecule is Cn1nc(C(=O)Oc2ccc(O)cc2)cc1C(=O)O. The molecule has 7 nitrogen and oxygen atoms in total. The van der Waals surface area contributed by atoms with E-state index >= 15 is 0 Å². The van der Waals surface area contributed by atoms with E-state index in [2.05, 4.69) is 5.10 Å². The highest BCUT2D eigenvalue weighted by Gasteiger charge is 2.18. The molecule has 2 N–H and O–H groups in total. The number of phenolic OH excluding ortho intramolecular Hbond substituents is 1. The van der Waals surface area contributed by atoms with Gasteiger partial charge in [-0.25, -0.2) is 9.59 Å². The van der Waals surface area contributed by atoms with Crippen LogP contribution in [0.3, 0.4) is 0 Å². The molecule has 0 saturated carbocycles. The number of phenols is 1. The molecule has 0 fully saturated rings. The summed E-state index contributed by atoms with van der Waals surface area (Å²) < 4.78 is 6.06. The molecule has 0 aliphatic rings. The number of ether oxygens (including phenoxy) is 1. The number of aromatic carboxylic acids is 1. The zero-order valence-electron chi connectivity index (χ0n) is 9.90. The number of rotatable bonds is 3. The van der Waals surface area contributed by atoms with E-state index in [9.17, 15) is 9.59 Å². The first-order chi connectivity index (χ1) is 8.97. The van der Waals surface area contributed by atoms with Gasteiger partial charge < -0.3 is 14.9 Å². The third-order valence-electron chi connectivity index (χ3n) is 2.36. The van der Waals surface area contributed by atoms with Crippen LogP contribution in [0, 0.1) is 0 Å². The Hall–Kier alpha value is -2.83. The average molecular weight is 262 g/mol. The molecule has 1 heterocycles. The topological polar surface area (TPSA) is 102 Å². The summed E-state index contributed by atoms with van der Waals surface area (Å²) >= 11 is 0. The molecule has 0 amide bonds. The van der Waals surface area contributed by atoms with E-state index in [1.165, 1.54) is 31.3 Å². The molecular formula is C12H10N2O5. The predicted molar refractivity (Wildman–Crippen MR) is 63.2 cm³/mol. The van der Waals surface area contributed by atoms with Crippen LogP contribution in [-0.2, 0) is 7.05 Å². The maximum atomic E-state index is 11.7. The first kappa shape index (κ1) is 12.6. The van der Waals surface area contributed by atoms with E-state index in [1.54, 1.807) is 0 Å². The normalized spacial score (nSPS) is 10.2. The zero-order valence-corrected chi connectivity index (χ0v) is 9.90. The lowest BCUT2D eigenvalue weighted by molar-refractivity contribution is 0.0683. The standard InChI is InChI=1S/C12H10N2O5/c1-14-10(11(16)17)6-9(13-14)12(18)19-8-4-2-7(15)3-5-8/h2-6,15H,1H3,(H,16,17). The first-order valence-corrected chi connectivity index (χ1v) is 5.26. The van der Waals surface area contributed by atoms with Crippen LogP contribution in [-0.4, -0.2) is 31.9 Å². The highest BCUT2D eigenvalue weighted by atomic mass is 16.5. The number of carboxylic acid groups (broad SMARTS) is 1. The fourth-order valence-corrected chi connectivity index (χ4v) is 1.44. The molecule has 1 aromatic heterocycles. The van der Waals surface area contributed by atoms with Crippen LogP contribution < -0.4 is 4.74 Å². The van der Waals surface area contributed by atoms with Gasteiger partial charge in [0.15, 0.2) is 5.69 Å². The van der Waals surface area contributed by atoms with Gasteiger partial charge in [0, 0.05) is 13.1 Å². The lowest BCUT2D eigenvalue weighted by atomic mass is 10.3. The lowest BCUT2D eigenvalue weighted by Crippen LogP contribution is -2.09. The second-order valence-electron chi connectivity index (χ2n) is 3.73. The Bertz CT molecular complexity index is 630. The van der Waals surface area contributed by atoms with Crippen molar-refractivity contribution in [3.05, 3.63) is 41.7 Å². The molecule has 0 atom stereocenters. The third kappa shape index (κ3) is 2.71. The van der Waals surface area contributed by atoms with Crippen LogP contribution in [0.25, 0.3) is 0 Å². The number of aromatic nitrogens is 2. The number of esters is 1. The largest absolute Gasteiger partial charge is 0.508 e. The minimum Gasteiger partial charge on any atom is -0.508 e. The van der Waals surface area contributed by atoms with Gasteiger partial charge in [-0.05, 0) is 24.3 Å². The summed E-state index contributed by atoms with van der Waals surface area (Å²) in [7, 11) is 1.42. The number of hydrogen-bond acceptors (Lipinski definition) is 5. The molecule has 0 bridgehead atoms. The number of benzene rings is 1. The van der Waals surface area contributed by atoms with Gasteiger partial charge in [-0.15, -0.1) is 0 Å². The average Bonchev–Trinajstić information content (AvgIpc) is 2.74. The van der Waals surface area contributed by atoms with Crippen molar-refractivity contribution in [3.63, 3.8) is 0 Å². The number of carbonyl (C=O) groups is 2. The van der Waals surface area contributed by atoms with Gasteiger partial charge in [0.05, 0.1) is 0 Å². The molecule has 0 unspecified atom stereocenters. The summed E-state index contributed by atoms with van der Waals surface area (Å²) in [6.45, 7) is 0. The Morgan fingerprint density at radius 2 is 1.89 bits per heavy atom. The smallest absolute Gasteiger partial charge is 0.364 e. The van der Waals surface area contributed by atoms with Gasteiger partial charge in [0.1, 0.15) is 17.2 Å². The summed E-state index contributed by atoms with van der Waals surface area (Å²) in [5, 5.41) is 21.7. The van der Waals surface area contributed by atoms with E-state index in [4.69, 9.17) is 14.9 Å². The summed E-state index contributed by atoms with van der Waals surface area (Å²) in [5.41, 5.74) is -0.217. The molecule has 0 aliphatic heterocycles. The van der Waals surface area contributed by atoms with E-state index in [0.717, 1.165) is 10.7 Å². The maximum absolute atomic E-state index is 11.7. The molecule has 19 heavy (non-hydrogen) atoms. The van der Waals surface area contributed by atoms with Crippen molar-refractivity contribution in [1.82, 2.24) is 9.78 Å². The second kappa shape index (κ2) is 4.81. The number of nitrogens with zero attached hydrogens (tertiary/aromatic N) is 2. The highest BCUT2D eigenvalue weighted by Crippen LogP contribution is 2.17. The Labute approximate surface area is 107 Å². The van der Waals surface area contributed by atoms with Gasteiger partial charge in [0.2, 0.25) is 0 Å². The molecule has 0 radical (unpaired) electrons. The van der Waals surface area contributed by atoms with Gasteiger partial charge in [-0.1, -0.05) is 0 Å². The summed E-state index contributed by atoms with van der Waals surface area (Å²) in [4.78, 5) is 22.5. The lowest BCUT2D eigenvalue weighted by Gasteiger charge is -2.01. The molecule has 2 rings (SSSR count). The Kier molecular flexibility index (Phi) is 3.19. The molecule has 2 aromatic rings. The highest BCUT2D eigenvalue weighted by molar-refractivity contribution is 5.93. The molecule has 1 aromatic carbocycles. The van der Waals surface area contributed by atoms with E-state index in [1.807, 2.05) is 0 Å². The number of aromatic hydroxyl groups is 1. The van der Waals surface area contributed by atoms with Gasteiger partial charge in [-0.2, -0.15) is 5.10 Å². The number of carbonyl (C=O) groups excluding carboxylic acids is 1. The first-order valence-electron chi connectivity index (χ1n) is 5.26. The van der Waals surface area contributed by atoms with Crippen molar-refractivity contribution in [2.24, 2.45) is 7.05 Å². The fourth-order valence-electron chi connectivity index (χ4n) is 1.44. The Morgan fingerprint density at radius 3 is 2.42 bits per heavy atom. The van der Waals surface area contributed by atoms with Crippen LogP contribution in [0.4, 0.5) is 0 Å². The summed E-state index contributed by atoms with van der Waals surface area (Å²) in [5.74, 6) is -1.68. The molecule has 0 aliphatic carbocycles. The molecule has 98 valence electrons. The van der Waals surface area contributed by atoms with Crippen molar-refractivity contribution < 1.29 is 24.5 Å². The van der Waals surface area contributed by atoms with Gasteiger partial charge >= 0.3 is 11.9 Å². The van der Waals surface area contributed by atoms with E-state index in [0.29, 0.717) is 0 Å². The zero-order chi connectivity index (χ0) is 14.0. The quantitative estimate of drug-likeness (QED) is 0.633. The van der Waals surface area contributed by atoms with Crippen molar-refractivity contribution in [3.8, 4) is 11.5 Å². The Balaban J connectivity index is 2.18. The summed E-state index contributed by atoms with van der Waals surface area (Å²) in [6, 6.07) is 6.68. The van der Waals surface area contributed by atoms with Crippen molar-refractivity contribution in [1.29, 1.82) is 0 Å². The van der Waals surface area contributed by atoms with Crippen LogP contribution in [0.5, 0.6) is 11.5 Å². The minimum atomic E-state index is -1.18. The van der Waals surface area contributed by atoms with Gasteiger partial charge in [-0.3, -0.25) is 4.68 Å². The molecular weight excluding hydrogens is 252 g/mol. The number of aryl methyl sites for hydroxylation is 1. The maximum Gasteiger partial charge on any atom is 0.364 e.